The molecule has 0 atom stereocenters. The van der Waals surface area contributed by atoms with E-state index in [0.29, 0.717) is 0 Å². The molecular weight excluding hydrogens is 240 g/mol. The van der Waals surface area contributed by atoms with Crippen molar-refractivity contribution in [3.63, 3.8) is 0 Å². The molecule has 0 spiro atoms. The smallest absolute Gasteiger partial charge is 0.137 e. The number of rotatable bonds is 8. The largest absolute Gasteiger partial charge is 0.396 e. The van der Waals surface area contributed by atoms with Crippen LogP contribution in [0.5, 0.6) is 0 Å². The van der Waals surface area contributed by atoms with Crippen LogP contribution in [0.2, 0.25) is 0 Å². The summed E-state index contributed by atoms with van der Waals surface area (Å²) >= 11 is 0. The zero-order valence-corrected chi connectivity index (χ0v) is 12.5. The zero-order valence-electron chi connectivity index (χ0n) is 12.5. The molecule has 0 aliphatic rings. The SMILES string of the molecule is CCCNc1nc(C)nc(N(CC)CCCO)c1C. The van der Waals surface area contributed by atoms with Crippen LogP contribution in [0.25, 0.3) is 0 Å². The average molecular weight is 266 g/mol. The monoisotopic (exact) mass is 266 g/mol. The van der Waals surface area contributed by atoms with Gasteiger partial charge in [0.25, 0.3) is 0 Å². The number of nitrogens with one attached hydrogen (secondary N) is 1. The summed E-state index contributed by atoms with van der Waals surface area (Å²) in [6.45, 7) is 11.0. The number of nitrogens with zero attached hydrogens (tertiary/aromatic N) is 3. The van der Waals surface area contributed by atoms with Gasteiger partial charge in [0.15, 0.2) is 0 Å². The summed E-state index contributed by atoms with van der Waals surface area (Å²) in [5.74, 6) is 2.68. The van der Waals surface area contributed by atoms with Crippen LogP contribution in [0, 0.1) is 13.8 Å². The molecule has 5 nitrogen and oxygen atoms in total. The van der Waals surface area contributed by atoms with Crippen LogP contribution < -0.4 is 10.2 Å². The van der Waals surface area contributed by atoms with E-state index in [2.05, 4.69) is 34.0 Å². The first kappa shape index (κ1) is 15.7. The Morgan fingerprint density at radius 3 is 2.53 bits per heavy atom. The highest BCUT2D eigenvalue weighted by atomic mass is 16.3. The van der Waals surface area contributed by atoms with Gasteiger partial charge in [-0.15, -0.1) is 0 Å². The van der Waals surface area contributed by atoms with E-state index in [1.165, 1.54) is 0 Å². The molecule has 108 valence electrons. The third-order valence-corrected chi connectivity index (χ3v) is 3.04. The maximum Gasteiger partial charge on any atom is 0.137 e. The van der Waals surface area contributed by atoms with Crippen molar-refractivity contribution < 1.29 is 5.11 Å². The van der Waals surface area contributed by atoms with E-state index < -0.39 is 0 Å². The highest BCUT2D eigenvalue weighted by Crippen LogP contribution is 2.23. The molecule has 0 aromatic carbocycles. The lowest BCUT2D eigenvalue weighted by molar-refractivity contribution is 0.289. The number of aromatic nitrogens is 2. The van der Waals surface area contributed by atoms with Gasteiger partial charge in [-0.3, -0.25) is 0 Å². The lowest BCUT2D eigenvalue weighted by Crippen LogP contribution is -2.27. The molecule has 1 heterocycles. The lowest BCUT2D eigenvalue weighted by atomic mass is 10.2. The maximum absolute atomic E-state index is 8.98. The van der Waals surface area contributed by atoms with Gasteiger partial charge in [0.05, 0.1) is 0 Å². The van der Waals surface area contributed by atoms with Crippen molar-refractivity contribution in [2.75, 3.05) is 36.5 Å². The molecule has 0 saturated heterocycles. The molecule has 0 aliphatic heterocycles. The standard InChI is InChI=1S/C14H26N4O/c1-5-8-15-13-11(3)14(17-12(4)16-13)18(6-2)9-7-10-19/h19H,5-10H2,1-4H3,(H,15,16,17). The highest BCUT2D eigenvalue weighted by molar-refractivity contribution is 5.58. The molecule has 0 fully saturated rings. The van der Waals surface area contributed by atoms with Crippen molar-refractivity contribution in [3.05, 3.63) is 11.4 Å². The third-order valence-electron chi connectivity index (χ3n) is 3.04. The van der Waals surface area contributed by atoms with Gasteiger partial charge in [-0.05, 0) is 33.6 Å². The van der Waals surface area contributed by atoms with Crippen molar-refractivity contribution in [1.82, 2.24) is 9.97 Å². The Morgan fingerprint density at radius 1 is 1.21 bits per heavy atom. The van der Waals surface area contributed by atoms with Gasteiger partial charge in [0.2, 0.25) is 0 Å². The first-order chi connectivity index (χ1) is 9.13. The second-order valence-electron chi connectivity index (χ2n) is 4.65. The van der Waals surface area contributed by atoms with Crippen molar-refractivity contribution in [3.8, 4) is 0 Å². The van der Waals surface area contributed by atoms with E-state index in [4.69, 9.17) is 5.11 Å². The van der Waals surface area contributed by atoms with Crippen LogP contribution in [0.1, 0.15) is 38.1 Å². The fourth-order valence-electron chi connectivity index (χ4n) is 2.01. The van der Waals surface area contributed by atoms with Crippen molar-refractivity contribution in [2.24, 2.45) is 0 Å². The van der Waals surface area contributed by atoms with Crippen LogP contribution in [0.15, 0.2) is 0 Å². The molecule has 0 bridgehead atoms. The molecular formula is C14H26N4O. The molecule has 0 aliphatic carbocycles. The van der Waals surface area contributed by atoms with Gasteiger partial charge in [0, 0.05) is 31.8 Å². The predicted molar refractivity (Wildman–Crippen MR) is 79.9 cm³/mol. The quantitative estimate of drug-likeness (QED) is 0.754. The Bertz CT molecular complexity index is 395. The predicted octanol–water partition coefficient (Wildman–Crippen LogP) is 2.12. The van der Waals surface area contributed by atoms with Crippen LogP contribution in [-0.4, -0.2) is 41.3 Å². The zero-order chi connectivity index (χ0) is 14.3. The number of aryl methyl sites for hydroxylation is 1. The molecule has 2 N–H and O–H groups in total. The van der Waals surface area contributed by atoms with Crippen LogP contribution in [-0.2, 0) is 0 Å². The van der Waals surface area contributed by atoms with E-state index in [-0.39, 0.29) is 6.61 Å². The van der Waals surface area contributed by atoms with Crippen LogP contribution in [0.3, 0.4) is 0 Å². The Kier molecular flexibility index (Phi) is 6.56. The minimum atomic E-state index is 0.209. The van der Waals surface area contributed by atoms with E-state index >= 15 is 0 Å². The summed E-state index contributed by atoms with van der Waals surface area (Å²) in [4.78, 5) is 11.2. The Hall–Kier alpha value is -1.36. The van der Waals surface area contributed by atoms with Crippen molar-refractivity contribution in [1.29, 1.82) is 0 Å². The van der Waals surface area contributed by atoms with Crippen LogP contribution >= 0.6 is 0 Å². The van der Waals surface area contributed by atoms with Gasteiger partial charge >= 0.3 is 0 Å². The summed E-state index contributed by atoms with van der Waals surface area (Å²) in [7, 11) is 0. The fraction of sp³-hybridized carbons (Fsp3) is 0.714. The molecule has 0 unspecified atom stereocenters. The fourth-order valence-corrected chi connectivity index (χ4v) is 2.01. The number of aliphatic hydroxyl groups is 1. The molecule has 1 rings (SSSR count). The second kappa shape index (κ2) is 7.94. The molecule has 0 radical (unpaired) electrons. The van der Waals surface area contributed by atoms with Gasteiger partial charge < -0.3 is 15.3 Å². The third kappa shape index (κ3) is 4.35. The lowest BCUT2D eigenvalue weighted by Gasteiger charge is -2.24. The summed E-state index contributed by atoms with van der Waals surface area (Å²) in [5.41, 5.74) is 1.08. The Labute approximate surface area is 116 Å². The molecule has 1 aromatic heterocycles. The first-order valence-corrected chi connectivity index (χ1v) is 7.08. The van der Waals surface area contributed by atoms with E-state index in [9.17, 15) is 0 Å². The number of aliphatic hydroxyl groups excluding tert-OH is 1. The van der Waals surface area contributed by atoms with Gasteiger partial charge in [-0.2, -0.15) is 0 Å². The van der Waals surface area contributed by atoms with E-state index in [1.54, 1.807) is 0 Å². The Balaban J connectivity index is 3.00. The minimum absolute atomic E-state index is 0.209. The van der Waals surface area contributed by atoms with Crippen molar-refractivity contribution in [2.45, 2.75) is 40.5 Å². The van der Waals surface area contributed by atoms with Crippen molar-refractivity contribution >= 4 is 11.6 Å². The van der Waals surface area contributed by atoms with Gasteiger partial charge in [-0.25, -0.2) is 9.97 Å². The summed E-state index contributed by atoms with van der Waals surface area (Å²) < 4.78 is 0. The summed E-state index contributed by atoms with van der Waals surface area (Å²) in [6, 6.07) is 0. The van der Waals surface area contributed by atoms with Gasteiger partial charge in [0.1, 0.15) is 17.5 Å². The number of hydrogen-bond donors (Lipinski definition) is 2. The first-order valence-electron chi connectivity index (χ1n) is 7.08. The Morgan fingerprint density at radius 2 is 1.95 bits per heavy atom. The molecule has 19 heavy (non-hydrogen) atoms. The summed E-state index contributed by atoms with van der Waals surface area (Å²) in [6.07, 6.45) is 1.83. The summed E-state index contributed by atoms with van der Waals surface area (Å²) in [5, 5.41) is 12.3. The number of anilines is 2. The molecule has 0 saturated carbocycles. The normalized spacial score (nSPS) is 10.6. The molecule has 5 heteroatoms. The highest BCUT2D eigenvalue weighted by Gasteiger charge is 2.14. The van der Waals surface area contributed by atoms with E-state index in [1.807, 2.05) is 13.8 Å². The van der Waals surface area contributed by atoms with E-state index in [0.717, 1.165) is 55.5 Å². The second-order valence-corrected chi connectivity index (χ2v) is 4.65. The minimum Gasteiger partial charge on any atom is -0.396 e. The molecule has 0 amide bonds. The number of hydrogen-bond acceptors (Lipinski definition) is 5. The maximum atomic E-state index is 8.98. The average Bonchev–Trinajstić information content (AvgIpc) is 2.41. The van der Waals surface area contributed by atoms with Gasteiger partial charge in [-0.1, -0.05) is 6.92 Å². The topological polar surface area (TPSA) is 61.3 Å². The molecule has 1 aromatic rings. The van der Waals surface area contributed by atoms with Crippen LogP contribution in [0.4, 0.5) is 11.6 Å².